The number of anilines is 1. The molecule has 16 heavy (non-hydrogen) atoms. The lowest BCUT2D eigenvalue weighted by Gasteiger charge is -2.20. The van der Waals surface area contributed by atoms with Gasteiger partial charge in [-0.3, -0.25) is 0 Å². The summed E-state index contributed by atoms with van der Waals surface area (Å²) in [5.74, 6) is 3.55. The summed E-state index contributed by atoms with van der Waals surface area (Å²) in [4.78, 5) is 6.78. The number of hydrogen-bond acceptors (Lipinski definition) is 3. The molecule has 2 aliphatic rings. The largest absolute Gasteiger partial charge is 0.356 e. The first kappa shape index (κ1) is 12.1. The Morgan fingerprint density at radius 1 is 1.38 bits per heavy atom. The van der Waals surface area contributed by atoms with E-state index in [9.17, 15) is 0 Å². The van der Waals surface area contributed by atoms with Crippen molar-refractivity contribution in [2.45, 2.75) is 0 Å². The molecular weight excluding hydrogens is 289 g/mol. The smallest absolute Gasteiger partial charge is 0.128 e. The first-order valence-corrected chi connectivity index (χ1v) is 6.15. The van der Waals surface area contributed by atoms with Crippen molar-refractivity contribution in [3.8, 4) is 0 Å². The zero-order valence-corrected chi connectivity index (χ0v) is 11.2. The van der Waals surface area contributed by atoms with Crippen LogP contribution in [0.25, 0.3) is 0 Å². The van der Waals surface area contributed by atoms with Crippen molar-refractivity contribution in [1.82, 2.24) is 4.98 Å². The molecular formula is C11H15BrClN3. The zero-order valence-electron chi connectivity index (χ0n) is 8.84. The standard InChI is InChI=1S/C11H14BrN3.ClH/c12-7-1-2-11(14-4-7)15-5-9-8(3-13)10(9)6-15;/h1-2,4,8-10H,3,5-6,13H2;1H. The van der Waals surface area contributed by atoms with Crippen molar-refractivity contribution in [2.24, 2.45) is 23.5 Å². The number of nitrogens with two attached hydrogens (primary N) is 1. The van der Waals surface area contributed by atoms with Crippen LogP contribution in [0.5, 0.6) is 0 Å². The number of nitrogens with zero attached hydrogens (tertiary/aromatic N) is 2. The Morgan fingerprint density at radius 3 is 2.56 bits per heavy atom. The number of fused-ring (bicyclic) bond motifs is 1. The molecule has 1 aromatic rings. The predicted molar refractivity (Wildman–Crippen MR) is 70.9 cm³/mol. The maximum atomic E-state index is 5.69. The minimum absolute atomic E-state index is 0. The summed E-state index contributed by atoms with van der Waals surface area (Å²) in [7, 11) is 0. The first-order valence-electron chi connectivity index (χ1n) is 5.36. The monoisotopic (exact) mass is 303 g/mol. The van der Waals surface area contributed by atoms with Crippen LogP contribution in [0.3, 0.4) is 0 Å². The van der Waals surface area contributed by atoms with E-state index in [0.29, 0.717) is 0 Å². The van der Waals surface area contributed by atoms with E-state index < -0.39 is 0 Å². The molecule has 3 rings (SSSR count). The second kappa shape index (κ2) is 4.51. The molecule has 1 aliphatic carbocycles. The van der Waals surface area contributed by atoms with Gasteiger partial charge in [-0.2, -0.15) is 0 Å². The van der Waals surface area contributed by atoms with Crippen molar-refractivity contribution in [3.05, 3.63) is 22.8 Å². The van der Waals surface area contributed by atoms with E-state index in [2.05, 4.69) is 31.9 Å². The molecule has 2 fully saturated rings. The topological polar surface area (TPSA) is 42.1 Å². The quantitative estimate of drug-likeness (QED) is 0.907. The van der Waals surface area contributed by atoms with Crippen LogP contribution in [-0.4, -0.2) is 24.6 Å². The molecule has 1 saturated carbocycles. The van der Waals surface area contributed by atoms with Crippen LogP contribution < -0.4 is 10.6 Å². The Hall–Kier alpha value is -0.320. The molecule has 88 valence electrons. The van der Waals surface area contributed by atoms with E-state index >= 15 is 0 Å². The van der Waals surface area contributed by atoms with E-state index in [-0.39, 0.29) is 12.4 Å². The molecule has 3 nitrogen and oxygen atoms in total. The van der Waals surface area contributed by atoms with Crippen LogP contribution in [-0.2, 0) is 0 Å². The van der Waals surface area contributed by atoms with Gasteiger partial charge in [0.15, 0.2) is 0 Å². The highest BCUT2D eigenvalue weighted by atomic mass is 79.9. The van der Waals surface area contributed by atoms with Crippen LogP contribution in [0.1, 0.15) is 0 Å². The van der Waals surface area contributed by atoms with Crippen molar-refractivity contribution < 1.29 is 0 Å². The Balaban J connectivity index is 0.000000963. The summed E-state index contributed by atoms with van der Waals surface area (Å²) < 4.78 is 1.04. The summed E-state index contributed by atoms with van der Waals surface area (Å²) in [6.45, 7) is 3.14. The molecule has 2 N–H and O–H groups in total. The highest BCUT2D eigenvalue weighted by molar-refractivity contribution is 9.10. The molecule has 5 heteroatoms. The zero-order chi connectivity index (χ0) is 10.4. The minimum Gasteiger partial charge on any atom is -0.356 e. The van der Waals surface area contributed by atoms with E-state index in [4.69, 9.17) is 5.73 Å². The molecule has 1 aromatic heterocycles. The molecule has 0 spiro atoms. The summed E-state index contributed by atoms with van der Waals surface area (Å²) in [5, 5.41) is 0. The third kappa shape index (κ3) is 1.94. The van der Waals surface area contributed by atoms with Gasteiger partial charge in [-0.25, -0.2) is 4.98 Å². The number of halogens is 2. The molecule has 0 aromatic carbocycles. The fourth-order valence-electron chi connectivity index (χ4n) is 2.74. The summed E-state index contributed by atoms with van der Waals surface area (Å²) in [6, 6.07) is 4.12. The molecule has 2 atom stereocenters. The number of rotatable bonds is 2. The Morgan fingerprint density at radius 2 is 2.06 bits per heavy atom. The van der Waals surface area contributed by atoms with E-state index in [1.54, 1.807) is 0 Å². The van der Waals surface area contributed by atoms with Crippen LogP contribution in [0.4, 0.5) is 5.82 Å². The lowest BCUT2D eigenvalue weighted by Crippen LogP contribution is -2.26. The average Bonchev–Trinajstić information content (AvgIpc) is 2.72. The first-order chi connectivity index (χ1) is 7.29. The van der Waals surface area contributed by atoms with Gasteiger partial charge < -0.3 is 10.6 Å². The predicted octanol–water partition coefficient (Wildman–Crippen LogP) is 1.91. The summed E-state index contributed by atoms with van der Waals surface area (Å²) >= 11 is 3.40. The summed E-state index contributed by atoms with van der Waals surface area (Å²) in [5.41, 5.74) is 5.69. The maximum Gasteiger partial charge on any atom is 0.128 e. The van der Waals surface area contributed by atoms with Gasteiger partial charge in [-0.05, 0) is 52.4 Å². The molecule has 2 heterocycles. The lowest BCUT2D eigenvalue weighted by atomic mass is 10.2. The lowest BCUT2D eigenvalue weighted by molar-refractivity contribution is 0.644. The van der Waals surface area contributed by atoms with Gasteiger partial charge in [0.05, 0.1) is 0 Å². The molecule has 0 radical (unpaired) electrons. The number of aromatic nitrogens is 1. The third-order valence-electron chi connectivity index (χ3n) is 3.68. The second-order valence-corrected chi connectivity index (χ2v) is 5.38. The van der Waals surface area contributed by atoms with Crippen LogP contribution in [0, 0.1) is 17.8 Å². The van der Waals surface area contributed by atoms with Gasteiger partial charge in [0.25, 0.3) is 0 Å². The van der Waals surface area contributed by atoms with Crippen LogP contribution >= 0.6 is 28.3 Å². The van der Waals surface area contributed by atoms with Crippen molar-refractivity contribution in [3.63, 3.8) is 0 Å². The molecule has 0 amide bonds. The van der Waals surface area contributed by atoms with E-state index in [1.165, 1.54) is 0 Å². The fourth-order valence-corrected chi connectivity index (χ4v) is 2.98. The highest BCUT2D eigenvalue weighted by Gasteiger charge is 2.54. The number of pyridine rings is 1. The molecule has 1 saturated heterocycles. The van der Waals surface area contributed by atoms with Crippen LogP contribution in [0.2, 0.25) is 0 Å². The van der Waals surface area contributed by atoms with E-state index in [0.717, 1.165) is 47.7 Å². The van der Waals surface area contributed by atoms with Crippen molar-refractivity contribution in [1.29, 1.82) is 0 Å². The maximum absolute atomic E-state index is 5.69. The van der Waals surface area contributed by atoms with Crippen molar-refractivity contribution in [2.75, 3.05) is 24.5 Å². The highest BCUT2D eigenvalue weighted by Crippen LogP contribution is 2.51. The normalized spacial score (nSPS) is 30.9. The van der Waals surface area contributed by atoms with Gasteiger partial charge in [-0.15, -0.1) is 12.4 Å². The SMILES string of the molecule is Cl.NCC1C2CN(c3ccc(Br)cn3)CC12. The number of hydrogen-bond donors (Lipinski definition) is 1. The third-order valence-corrected chi connectivity index (χ3v) is 4.15. The van der Waals surface area contributed by atoms with Gasteiger partial charge in [0.2, 0.25) is 0 Å². The van der Waals surface area contributed by atoms with Gasteiger partial charge in [0.1, 0.15) is 5.82 Å². The van der Waals surface area contributed by atoms with E-state index in [1.807, 2.05) is 12.3 Å². The van der Waals surface area contributed by atoms with Crippen LogP contribution in [0.15, 0.2) is 22.8 Å². The Labute approximate surface area is 110 Å². The summed E-state index contributed by atoms with van der Waals surface area (Å²) in [6.07, 6.45) is 1.86. The average molecular weight is 305 g/mol. The minimum atomic E-state index is 0. The molecule has 0 bridgehead atoms. The van der Waals surface area contributed by atoms with Gasteiger partial charge in [0, 0.05) is 23.8 Å². The Bertz CT molecular complexity index is 358. The molecule has 2 unspecified atom stereocenters. The number of piperidine rings is 1. The molecule has 1 aliphatic heterocycles. The fraction of sp³-hybridized carbons (Fsp3) is 0.545. The second-order valence-electron chi connectivity index (χ2n) is 4.47. The van der Waals surface area contributed by atoms with Crippen molar-refractivity contribution >= 4 is 34.2 Å². The van der Waals surface area contributed by atoms with Gasteiger partial charge in [-0.1, -0.05) is 0 Å². The Kier molecular flexibility index (Phi) is 3.42. The van der Waals surface area contributed by atoms with Gasteiger partial charge >= 0.3 is 0 Å².